The Morgan fingerprint density at radius 3 is 2.30 bits per heavy atom. The molecule has 0 aliphatic rings. The SMILES string of the molecule is CCCCC(=O)N(Cc1ccc(-c2ccccc2S(=O)(=O)Nc2noc(C)c2C)c(C(F)(F)F)c1)[C@H](C(=O)NC)C(C)C. The van der Waals surface area contributed by atoms with E-state index in [1.54, 1.807) is 27.7 Å². The van der Waals surface area contributed by atoms with Crippen molar-refractivity contribution < 1.29 is 35.7 Å². The van der Waals surface area contributed by atoms with E-state index in [4.69, 9.17) is 4.52 Å². The average molecular weight is 623 g/mol. The molecule has 13 heteroatoms. The van der Waals surface area contributed by atoms with Crippen LogP contribution in [0.3, 0.4) is 0 Å². The number of likely N-dealkylation sites (N-methyl/N-ethyl adjacent to an activating group) is 1. The number of aromatic nitrogens is 1. The number of sulfonamides is 1. The van der Waals surface area contributed by atoms with E-state index in [9.17, 15) is 31.2 Å². The molecule has 0 bridgehead atoms. The van der Waals surface area contributed by atoms with Gasteiger partial charge in [-0.05, 0) is 49.4 Å². The number of amides is 2. The third-order valence-corrected chi connectivity index (χ3v) is 8.54. The molecule has 2 amide bonds. The lowest BCUT2D eigenvalue weighted by atomic mass is 9.95. The van der Waals surface area contributed by atoms with E-state index in [2.05, 4.69) is 15.2 Å². The van der Waals surface area contributed by atoms with Crippen LogP contribution in [0.4, 0.5) is 19.0 Å². The number of unbranched alkanes of at least 4 members (excludes halogenated alkanes) is 1. The molecule has 2 N–H and O–H groups in total. The molecule has 43 heavy (non-hydrogen) atoms. The first-order chi connectivity index (χ1) is 20.1. The van der Waals surface area contributed by atoms with Crippen LogP contribution in [-0.2, 0) is 32.3 Å². The van der Waals surface area contributed by atoms with E-state index in [-0.39, 0.29) is 52.2 Å². The molecular formula is C30H37F3N4O5S. The largest absolute Gasteiger partial charge is 0.417 e. The number of carbonyl (C=O) groups is 2. The number of rotatable bonds is 12. The zero-order chi connectivity index (χ0) is 32.1. The third-order valence-electron chi connectivity index (χ3n) is 7.14. The van der Waals surface area contributed by atoms with Gasteiger partial charge in [-0.2, -0.15) is 13.2 Å². The summed E-state index contributed by atoms with van der Waals surface area (Å²) in [6, 6.07) is 7.95. The molecule has 9 nitrogen and oxygen atoms in total. The van der Waals surface area contributed by atoms with Crippen molar-refractivity contribution in [1.29, 1.82) is 0 Å². The van der Waals surface area contributed by atoms with Crippen molar-refractivity contribution in [2.45, 2.75) is 77.5 Å². The Morgan fingerprint density at radius 2 is 1.74 bits per heavy atom. The minimum atomic E-state index is -4.87. The second-order valence-corrected chi connectivity index (χ2v) is 12.3. The number of anilines is 1. The summed E-state index contributed by atoms with van der Waals surface area (Å²) in [6.45, 7) is 8.39. The van der Waals surface area contributed by atoms with Crippen LogP contribution in [0.5, 0.6) is 0 Å². The van der Waals surface area contributed by atoms with E-state index < -0.39 is 33.7 Å². The van der Waals surface area contributed by atoms with Crippen molar-refractivity contribution in [1.82, 2.24) is 15.4 Å². The number of halogens is 3. The molecule has 0 aliphatic carbocycles. The Hall–Kier alpha value is -3.87. The highest BCUT2D eigenvalue weighted by atomic mass is 32.2. The Balaban J connectivity index is 2.12. The first kappa shape index (κ1) is 33.6. The van der Waals surface area contributed by atoms with Gasteiger partial charge in [0.2, 0.25) is 11.8 Å². The van der Waals surface area contributed by atoms with Gasteiger partial charge >= 0.3 is 6.18 Å². The van der Waals surface area contributed by atoms with Crippen LogP contribution >= 0.6 is 0 Å². The number of nitrogens with one attached hydrogen (secondary N) is 2. The number of hydrogen-bond acceptors (Lipinski definition) is 6. The molecule has 0 fully saturated rings. The summed E-state index contributed by atoms with van der Waals surface area (Å²) < 4.78 is 77.7. The molecule has 0 saturated heterocycles. The topological polar surface area (TPSA) is 122 Å². The zero-order valence-corrected chi connectivity index (χ0v) is 25.8. The van der Waals surface area contributed by atoms with Gasteiger partial charge in [-0.1, -0.05) is 62.7 Å². The fourth-order valence-electron chi connectivity index (χ4n) is 4.74. The van der Waals surface area contributed by atoms with Crippen molar-refractivity contribution in [2.75, 3.05) is 11.8 Å². The molecule has 0 unspecified atom stereocenters. The van der Waals surface area contributed by atoms with E-state index in [0.29, 0.717) is 17.7 Å². The normalized spacial score (nSPS) is 12.7. The molecular weight excluding hydrogens is 585 g/mol. The number of nitrogens with zero attached hydrogens (tertiary/aromatic N) is 2. The van der Waals surface area contributed by atoms with Crippen LogP contribution in [0.25, 0.3) is 11.1 Å². The maximum absolute atomic E-state index is 14.5. The number of carbonyl (C=O) groups excluding carboxylic acids is 2. The predicted molar refractivity (Wildman–Crippen MR) is 156 cm³/mol. The Bertz CT molecular complexity index is 1570. The molecule has 0 saturated carbocycles. The number of hydrogen-bond donors (Lipinski definition) is 2. The van der Waals surface area contributed by atoms with Gasteiger partial charge in [-0.3, -0.25) is 14.3 Å². The minimum Gasteiger partial charge on any atom is -0.359 e. The average Bonchev–Trinajstić information content (AvgIpc) is 3.26. The van der Waals surface area contributed by atoms with Crippen molar-refractivity contribution in [3.63, 3.8) is 0 Å². The van der Waals surface area contributed by atoms with Gasteiger partial charge in [0.05, 0.1) is 10.5 Å². The van der Waals surface area contributed by atoms with Crippen LogP contribution in [0.1, 0.15) is 62.5 Å². The van der Waals surface area contributed by atoms with Crippen LogP contribution in [-0.4, -0.2) is 43.4 Å². The second kappa shape index (κ2) is 13.6. The maximum atomic E-state index is 14.5. The fraction of sp³-hybridized carbons (Fsp3) is 0.433. The summed E-state index contributed by atoms with van der Waals surface area (Å²) >= 11 is 0. The summed E-state index contributed by atoms with van der Waals surface area (Å²) in [4.78, 5) is 26.9. The second-order valence-electron chi connectivity index (χ2n) is 10.6. The molecule has 0 spiro atoms. The van der Waals surface area contributed by atoms with Crippen LogP contribution < -0.4 is 10.0 Å². The minimum absolute atomic E-state index is 0.0673. The molecule has 1 aromatic heterocycles. The predicted octanol–water partition coefficient (Wildman–Crippen LogP) is 6.07. The summed E-state index contributed by atoms with van der Waals surface area (Å²) in [5, 5.41) is 6.24. The van der Waals surface area contributed by atoms with Gasteiger partial charge in [0, 0.05) is 31.1 Å². The zero-order valence-electron chi connectivity index (χ0n) is 25.0. The summed E-state index contributed by atoms with van der Waals surface area (Å²) in [7, 11) is -2.94. The standard InChI is InChI=1S/C30H37F3N4O5S/c1-7-8-13-26(38)37(27(18(2)3)29(39)34-6)17-21-14-15-22(24(16-21)30(31,32)33)23-11-9-10-12-25(23)43(40,41)36-28-19(4)20(5)42-35-28/h9-12,14-16,18,27H,7-8,13,17H2,1-6H3,(H,34,39)(H,35,36)/t27-/m0/s1. The monoisotopic (exact) mass is 622 g/mol. The third kappa shape index (κ3) is 7.75. The summed E-state index contributed by atoms with van der Waals surface area (Å²) in [5.74, 6) is -0.755. The molecule has 234 valence electrons. The Labute approximate surface area is 249 Å². The Kier molecular flexibility index (Phi) is 10.7. The number of aryl methyl sites for hydroxylation is 1. The first-order valence-electron chi connectivity index (χ1n) is 13.9. The molecule has 1 atom stereocenters. The van der Waals surface area contributed by atoms with Crippen molar-refractivity contribution >= 4 is 27.7 Å². The van der Waals surface area contributed by atoms with E-state index in [1.807, 2.05) is 6.92 Å². The molecule has 2 aromatic carbocycles. The molecule has 3 aromatic rings. The molecule has 0 radical (unpaired) electrons. The lowest BCUT2D eigenvalue weighted by Crippen LogP contribution is -2.51. The van der Waals surface area contributed by atoms with Crippen molar-refractivity contribution in [2.24, 2.45) is 5.92 Å². The number of alkyl halides is 3. The van der Waals surface area contributed by atoms with Gasteiger partial charge in [-0.15, -0.1) is 0 Å². The smallest absolute Gasteiger partial charge is 0.359 e. The van der Waals surface area contributed by atoms with Gasteiger partial charge in [0.25, 0.3) is 10.0 Å². The van der Waals surface area contributed by atoms with Crippen LogP contribution in [0.15, 0.2) is 51.9 Å². The quantitative estimate of drug-likeness (QED) is 0.253. The van der Waals surface area contributed by atoms with Crippen molar-refractivity contribution in [3.05, 3.63) is 64.9 Å². The molecule has 0 aliphatic heterocycles. The molecule has 1 heterocycles. The van der Waals surface area contributed by atoms with Crippen LogP contribution in [0.2, 0.25) is 0 Å². The summed E-state index contributed by atoms with van der Waals surface area (Å²) in [6.07, 6.45) is -3.44. The van der Waals surface area contributed by atoms with Gasteiger partial charge < -0.3 is 14.7 Å². The lowest BCUT2D eigenvalue weighted by Gasteiger charge is -2.33. The summed E-state index contributed by atoms with van der Waals surface area (Å²) in [5.41, 5.74) is -1.03. The van der Waals surface area contributed by atoms with E-state index >= 15 is 0 Å². The highest BCUT2D eigenvalue weighted by Gasteiger charge is 2.37. The highest BCUT2D eigenvalue weighted by molar-refractivity contribution is 7.92. The maximum Gasteiger partial charge on any atom is 0.417 e. The van der Waals surface area contributed by atoms with Crippen LogP contribution in [0, 0.1) is 19.8 Å². The highest BCUT2D eigenvalue weighted by Crippen LogP contribution is 2.40. The Morgan fingerprint density at radius 1 is 1.07 bits per heavy atom. The number of benzene rings is 2. The van der Waals surface area contributed by atoms with Crippen molar-refractivity contribution in [3.8, 4) is 11.1 Å². The molecule has 3 rings (SSSR count). The van der Waals surface area contributed by atoms with Gasteiger partial charge in [-0.25, -0.2) is 8.42 Å². The van der Waals surface area contributed by atoms with E-state index in [0.717, 1.165) is 12.5 Å². The first-order valence-corrected chi connectivity index (χ1v) is 15.4. The van der Waals surface area contributed by atoms with Gasteiger partial charge in [0.1, 0.15) is 11.8 Å². The fourth-order valence-corrected chi connectivity index (χ4v) is 6.02. The van der Waals surface area contributed by atoms with E-state index in [1.165, 1.54) is 48.3 Å². The lowest BCUT2D eigenvalue weighted by molar-refractivity contribution is -0.143. The van der Waals surface area contributed by atoms with Gasteiger partial charge in [0.15, 0.2) is 5.82 Å².